The number of nitrogens with one attached hydrogen (secondary N) is 3. The summed E-state index contributed by atoms with van der Waals surface area (Å²) in [5.74, 6) is -2.32. The highest BCUT2D eigenvalue weighted by Crippen LogP contribution is 2.46. The van der Waals surface area contributed by atoms with Crippen LogP contribution in [0.25, 0.3) is 0 Å². The van der Waals surface area contributed by atoms with E-state index in [9.17, 15) is 32.4 Å². The molecule has 2 saturated carbocycles. The van der Waals surface area contributed by atoms with Crippen LogP contribution in [0, 0.1) is 5.92 Å². The van der Waals surface area contributed by atoms with Crippen molar-refractivity contribution in [3.63, 3.8) is 0 Å². The van der Waals surface area contributed by atoms with Crippen molar-refractivity contribution >= 4 is 45.6 Å². The number of allylic oxidation sites excluding steroid dienone is 1. The Morgan fingerprint density at radius 3 is 2.42 bits per heavy atom. The molecule has 2 saturated heterocycles. The third kappa shape index (κ3) is 7.77. The van der Waals surface area contributed by atoms with E-state index in [4.69, 9.17) is 4.74 Å². The first-order chi connectivity index (χ1) is 23.7. The summed E-state index contributed by atoms with van der Waals surface area (Å²) in [6, 6.07) is 6.40. The molecule has 1 aromatic rings. The fraction of sp³-hybridized carbons (Fsp3) is 0.629. The molecule has 0 radical (unpaired) electrons. The van der Waals surface area contributed by atoms with E-state index in [2.05, 4.69) is 15.4 Å². The number of benzene rings is 1. The van der Waals surface area contributed by atoms with Gasteiger partial charge in [0.1, 0.15) is 23.2 Å². The average Bonchev–Trinajstić information content (AvgIpc) is 3.94. The first-order valence-electron chi connectivity index (χ1n) is 17.7. The van der Waals surface area contributed by atoms with Gasteiger partial charge in [-0.2, -0.15) is 0 Å². The Labute approximate surface area is 293 Å². The van der Waals surface area contributed by atoms with Gasteiger partial charge in [0.25, 0.3) is 5.91 Å². The van der Waals surface area contributed by atoms with Gasteiger partial charge in [-0.05, 0) is 77.8 Å². The van der Waals surface area contributed by atoms with Gasteiger partial charge in [0, 0.05) is 31.2 Å². The van der Waals surface area contributed by atoms with Gasteiger partial charge in [-0.15, -0.1) is 0 Å². The Hall–Kier alpha value is -4.14. The van der Waals surface area contributed by atoms with Crippen LogP contribution >= 0.6 is 0 Å². The van der Waals surface area contributed by atoms with Crippen LogP contribution in [-0.2, 0) is 29.1 Å². The molecule has 1 aromatic carbocycles. The van der Waals surface area contributed by atoms with Gasteiger partial charge in [0.05, 0.1) is 11.3 Å². The normalized spacial score (nSPS) is 30.0. The second-order valence-electron chi connectivity index (χ2n) is 15.1. The maximum atomic E-state index is 14.4. The average molecular weight is 713 g/mol. The second-order valence-corrected chi connectivity index (χ2v) is 17.0. The zero-order valence-electron chi connectivity index (χ0n) is 28.9. The number of rotatable bonds is 6. The minimum atomic E-state index is -3.88. The molecule has 14 nitrogen and oxygen atoms in total. The number of hydrogen-bond donors (Lipinski definition) is 3. The molecular formula is C35H48N6O8S. The number of anilines is 1. The third-order valence-corrected chi connectivity index (χ3v) is 11.9. The van der Waals surface area contributed by atoms with Crippen LogP contribution in [0.15, 0.2) is 42.5 Å². The lowest BCUT2D eigenvalue weighted by Gasteiger charge is -2.30. The quantitative estimate of drug-likeness (QED) is 0.378. The van der Waals surface area contributed by atoms with Crippen LogP contribution in [0.3, 0.4) is 0 Å². The minimum absolute atomic E-state index is 0.0381. The minimum Gasteiger partial charge on any atom is -0.444 e. The predicted molar refractivity (Wildman–Crippen MR) is 184 cm³/mol. The molecule has 4 fully saturated rings. The van der Waals surface area contributed by atoms with E-state index >= 15 is 0 Å². The predicted octanol–water partition coefficient (Wildman–Crippen LogP) is 2.80. The molecule has 5 aliphatic rings. The van der Waals surface area contributed by atoms with Gasteiger partial charge in [-0.1, -0.05) is 43.2 Å². The highest BCUT2D eigenvalue weighted by molar-refractivity contribution is 7.91. The molecule has 4 unspecified atom stereocenters. The van der Waals surface area contributed by atoms with Crippen molar-refractivity contribution in [1.29, 1.82) is 0 Å². The van der Waals surface area contributed by atoms with Gasteiger partial charge < -0.3 is 25.2 Å². The molecule has 50 heavy (non-hydrogen) atoms. The molecule has 3 heterocycles. The lowest BCUT2D eigenvalue weighted by molar-refractivity contribution is -0.141. The maximum absolute atomic E-state index is 14.4. The van der Waals surface area contributed by atoms with Crippen molar-refractivity contribution in [2.75, 3.05) is 24.5 Å². The highest BCUT2D eigenvalue weighted by Gasteiger charge is 2.62. The maximum Gasteiger partial charge on any atom is 0.408 e. The molecule has 2 aliphatic carbocycles. The van der Waals surface area contributed by atoms with E-state index in [0.717, 1.165) is 18.5 Å². The van der Waals surface area contributed by atoms with Gasteiger partial charge in [-0.25, -0.2) is 18.0 Å². The molecule has 6 amide bonds. The van der Waals surface area contributed by atoms with E-state index < -0.39 is 74.3 Å². The number of amides is 6. The Morgan fingerprint density at radius 2 is 1.72 bits per heavy atom. The molecule has 3 aliphatic heterocycles. The molecule has 0 aromatic heterocycles. The van der Waals surface area contributed by atoms with Gasteiger partial charge in [-0.3, -0.25) is 24.0 Å². The number of ether oxygens (including phenoxy) is 1. The number of carbonyl (C=O) groups is 5. The number of fused-ring (bicyclic) bond motifs is 2. The van der Waals surface area contributed by atoms with E-state index in [0.29, 0.717) is 45.2 Å². The molecule has 15 heteroatoms. The molecule has 0 spiro atoms. The summed E-state index contributed by atoms with van der Waals surface area (Å²) in [5.41, 5.74) is -1.56. The zero-order chi connectivity index (χ0) is 35.8. The van der Waals surface area contributed by atoms with E-state index in [1.54, 1.807) is 30.6 Å². The van der Waals surface area contributed by atoms with Crippen LogP contribution in [-0.4, -0.2) is 102 Å². The molecule has 272 valence electrons. The first kappa shape index (κ1) is 35.7. The lowest BCUT2D eigenvalue weighted by Crippen LogP contribution is -2.58. The molecule has 6 rings (SSSR count). The molecular weight excluding hydrogens is 664 g/mol. The van der Waals surface area contributed by atoms with Crippen LogP contribution in [0.5, 0.6) is 0 Å². The van der Waals surface area contributed by atoms with Crippen molar-refractivity contribution in [2.45, 2.75) is 113 Å². The number of carbonyl (C=O) groups excluding carboxylic acids is 5. The fourth-order valence-corrected chi connectivity index (χ4v) is 8.56. The number of alkyl carbamates (subject to hydrolysis) is 1. The summed E-state index contributed by atoms with van der Waals surface area (Å²) in [5, 5.41) is 4.98. The zero-order valence-corrected chi connectivity index (χ0v) is 29.7. The lowest BCUT2D eigenvalue weighted by atomic mass is 10.0. The molecule has 5 atom stereocenters. The first-order valence-corrected chi connectivity index (χ1v) is 19.2. The molecule has 0 bridgehead atoms. The second kappa shape index (κ2) is 13.9. The number of urea groups is 1. The smallest absolute Gasteiger partial charge is 0.408 e. The Kier molecular flexibility index (Phi) is 9.90. The van der Waals surface area contributed by atoms with Crippen LogP contribution in [0.1, 0.15) is 78.6 Å². The van der Waals surface area contributed by atoms with Crippen molar-refractivity contribution in [2.24, 2.45) is 5.92 Å². The summed E-state index contributed by atoms with van der Waals surface area (Å²) in [6.07, 6.45) is 7.50. The third-order valence-electron chi connectivity index (χ3n) is 10.1. The Balaban J connectivity index is 1.29. The number of nitrogens with zero attached hydrogens (tertiary/aromatic N) is 3. The summed E-state index contributed by atoms with van der Waals surface area (Å²) in [4.78, 5) is 73.7. The van der Waals surface area contributed by atoms with Crippen molar-refractivity contribution in [1.82, 2.24) is 25.2 Å². The van der Waals surface area contributed by atoms with E-state index in [1.807, 2.05) is 42.5 Å². The van der Waals surface area contributed by atoms with Gasteiger partial charge in [0.2, 0.25) is 21.8 Å². The number of sulfonamides is 1. The van der Waals surface area contributed by atoms with E-state index in [1.165, 1.54) is 4.90 Å². The highest BCUT2D eigenvalue weighted by atomic mass is 32.2. The largest absolute Gasteiger partial charge is 0.444 e. The van der Waals surface area contributed by atoms with E-state index in [-0.39, 0.29) is 25.4 Å². The number of para-hydroxylation sites is 1. The Morgan fingerprint density at radius 1 is 0.980 bits per heavy atom. The molecule has 3 N–H and O–H groups in total. The Bertz CT molecular complexity index is 1640. The number of hydrogen-bond acceptors (Lipinski definition) is 8. The summed E-state index contributed by atoms with van der Waals surface area (Å²) >= 11 is 0. The SMILES string of the molecule is CC(C)(C)OC(=O)NC1CCCCC/C=C/C2CC2(C(=O)NS(=O)(=O)C2CC2)NC(=O)C2C[C@@H](N3CCN(c4ccccc4)C3=O)CN2C1=O. The van der Waals surface area contributed by atoms with Crippen molar-refractivity contribution in [3.05, 3.63) is 42.5 Å². The van der Waals surface area contributed by atoms with Gasteiger partial charge in [0.15, 0.2) is 0 Å². The van der Waals surface area contributed by atoms with Crippen molar-refractivity contribution in [3.8, 4) is 0 Å². The van der Waals surface area contributed by atoms with Crippen LogP contribution < -0.4 is 20.3 Å². The van der Waals surface area contributed by atoms with Gasteiger partial charge >= 0.3 is 12.1 Å². The standard InChI is InChI=1S/C35H48N6O8S/c1-34(2,3)49-32(45)36-27-15-11-6-4-5-8-12-23-21-35(23,31(44)38-50(47,48)26-16-17-26)37-29(42)28-20-25(22-41(28)30(27)43)40-19-18-39(33(40)46)24-13-9-7-10-14-24/h7-10,12-14,23,25-28H,4-6,11,15-22H2,1-3H3,(H,36,45)(H,37,42)(H,38,44)/b12-8+/t23?,25-,27?,28?,35?/m1/s1. The van der Waals surface area contributed by atoms with Crippen molar-refractivity contribution < 1.29 is 37.1 Å². The summed E-state index contributed by atoms with van der Waals surface area (Å²) in [7, 11) is -3.88. The summed E-state index contributed by atoms with van der Waals surface area (Å²) < 4.78 is 33.2. The topological polar surface area (TPSA) is 175 Å². The monoisotopic (exact) mass is 712 g/mol. The van der Waals surface area contributed by atoms with Crippen LogP contribution in [0.4, 0.5) is 15.3 Å². The van der Waals surface area contributed by atoms with Crippen LogP contribution in [0.2, 0.25) is 0 Å². The summed E-state index contributed by atoms with van der Waals surface area (Å²) in [6.45, 7) is 6.02. The fourth-order valence-electron chi connectivity index (χ4n) is 7.19.